The maximum Gasteiger partial charge on any atom is 0.137 e. The molecule has 0 aliphatic heterocycles. The van der Waals surface area contributed by atoms with Gasteiger partial charge in [-0.2, -0.15) is 15.5 Å². The second-order valence-electron chi connectivity index (χ2n) is 7.03. The van der Waals surface area contributed by atoms with E-state index >= 15 is 0 Å². The van der Waals surface area contributed by atoms with Crippen LogP contribution in [-0.4, -0.2) is 22.3 Å². The fourth-order valence-corrected chi connectivity index (χ4v) is 3.84. The third-order valence-corrected chi connectivity index (χ3v) is 5.36. The topological polar surface area (TPSA) is 124 Å². The summed E-state index contributed by atoms with van der Waals surface area (Å²) in [6, 6.07) is 15.0. The minimum Gasteiger partial charge on any atom is -0.495 e. The largest absolute Gasteiger partial charge is 0.495 e. The van der Waals surface area contributed by atoms with Gasteiger partial charge in [0.2, 0.25) is 0 Å². The van der Waals surface area contributed by atoms with Crippen LogP contribution in [0, 0.1) is 11.3 Å². The van der Waals surface area contributed by atoms with Crippen LogP contribution in [0.15, 0.2) is 48.7 Å². The Morgan fingerprint density at radius 1 is 1.03 bits per heavy atom. The number of nitriles is 1. The molecule has 10 heteroatoms. The first kappa shape index (κ1) is 25.9. The molecule has 33 heavy (non-hydrogen) atoms. The van der Waals surface area contributed by atoms with Crippen LogP contribution in [0.5, 0.6) is 5.75 Å². The van der Waals surface area contributed by atoms with Gasteiger partial charge in [0, 0.05) is 35.5 Å². The number of fused-ring (bicyclic) bond motifs is 1. The number of anilines is 2. The molecule has 0 amide bonds. The standard InChI is InChI=1S/C23H19ClN6O.2ClH/c1-31-21-6-5-13(8-17(21)24)9-20-22-15(11-18(26)16(12-25)23(22)27)19(29-30-20)10-14-4-2-3-7-28-14;;/h2-8,11H,9-10,26-27H2,1H3;2*1H. The molecule has 4 N–H and O–H groups in total. The highest BCUT2D eigenvalue weighted by Gasteiger charge is 2.18. The summed E-state index contributed by atoms with van der Waals surface area (Å²) in [5, 5.41) is 20.4. The second-order valence-corrected chi connectivity index (χ2v) is 7.43. The van der Waals surface area contributed by atoms with E-state index in [4.69, 9.17) is 27.8 Å². The summed E-state index contributed by atoms with van der Waals surface area (Å²) >= 11 is 6.28. The van der Waals surface area contributed by atoms with Crippen molar-refractivity contribution in [3.63, 3.8) is 0 Å². The molecule has 2 aromatic heterocycles. The Hall–Kier alpha value is -3.31. The zero-order chi connectivity index (χ0) is 22.0. The predicted octanol–water partition coefficient (Wildman–Crippen LogP) is 4.75. The maximum absolute atomic E-state index is 9.55. The summed E-state index contributed by atoms with van der Waals surface area (Å²) in [5.41, 5.74) is 16.4. The molecule has 0 aliphatic rings. The molecule has 4 aromatic rings. The summed E-state index contributed by atoms with van der Waals surface area (Å²) < 4.78 is 5.22. The van der Waals surface area contributed by atoms with E-state index < -0.39 is 0 Å². The minimum atomic E-state index is 0. The first-order valence-electron chi connectivity index (χ1n) is 9.50. The SMILES string of the molecule is COc1ccc(Cc2nnc(Cc3ccccn3)c3cc(N)c(C#N)c(N)c23)cc1Cl.Cl.Cl. The molecule has 0 saturated heterocycles. The number of aromatic nitrogens is 3. The van der Waals surface area contributed by atoms with Crippen LogP contribution in [-0.2, 0) is 12.8 Å². The number of hydrogen-bond acceptors (Lipinski definition) is 7. The van der Waals surface area contributed by atoms with Gasteiger partial charge in [-0.25, -0.2) is 0 Å². The molecule has 170 valence electrons. The smallest absolute Gasteiger partial charge is 0.137 e. The van der Waals surface area contributed by atoms with E-state index in [0.717, 1.165) is 16.6 Å². The number of rotatable bonds is 5. The number of nitrogens with zero attached hydrogens (tertiary/aromatic N) is 4. The molecule has 0 bridgehead atoms. The molecule has 0 aliphatic carbocycles. The molecule has 0 radical (unpaired) electrons. The number of nitrogens with two attached hydrogens (primary N) is 2. The summed E-state index contributed by atoms with van der Waals surface area (Å²) in [5.74, 6) is 0.589. The van der Waals surface area contributed by atoms with E-state index in [-0.39, 0.29) is 30.4 Å². The van der Waals surface area contributed by atoms with Gasteiger partial charge in [0.1, 0.15) is 11.8 Å². The van der Waals surface area contributed by atoms with E-state index in [1.54, 1.807) is 25.4 Å². The molecular weight excluding hydrogens is 483 g/mol. The van der Waals surface area contributed by atoms with Gasteiger partial charge < -0.3 is 16.2 Å². The lowest BCUT2D eigenvalue weighted by atomic mass is 9.96. The maximum atomic E-state index is 9.55. The number of halogens is 3. The van der Waals surface area contributed by atoms with Crippen LogP contribution in [0.25, 0.3) is 10.8 Å². The van der Waals surface area contributed by atoms with Crippen molar-refractivity contribution in [1.82, 2.24) is 15.2 Å². The van der Waals surface area contributed by atoms with Gasteiger partial charge in [-0.15, -0.1) is 24.8 Å². The number of benzene rings is 2. The summed E-state index contributed by atoms with van der Waals surface area (Å²) in [6.07, 6.45) is 2.61. The molecule has 0 unspecified atom stereocenters. The van der Waals surface area contributed by atoms with Gasteiger partial charge in [-0.1, -0.05) is 23.7 Å². The van der Waals surface area contributed by atoms with Crippen molar-refractivity contribution >= 4 is 58.6 Å². The molecular formula is C23H21Cl3N6O. The number of ether oxygens (including phenoxy) is 1. The third kappa shape index (κ3) is 5.20. The average Bonchev–Trinajstić information content (AvgIpc) is 2.76. The van der Waals surface area contributed by atoms with Gasteiger partial charge in [0.15, 0.2) is 0 Å². The van der Waals surface area contributed by atoms with Crippen LogP contribution in [0.4, 0.5) is 11.4 Å². The van der Waals surface area contributed by atoms with E-state index in [1.807, 2.05) is 30.3 Å². The highest BCUT2D eigenvalue weighted by atomic mass is 35.5. The quantitative estimate of drug-likeness (QED) is 0.377. The fraction of sp³-hybridized carbons (Fsp3) is 0.130. The molecule has 0 fully saturated rings. The number of pyridine rings is 1. The van der Waals surface area contributed by atoms with Crippen LogP contribution < -0.4 is 16.2 Å². The number of nitrogen functional groups attached to an aromatic ring is 2. The molecule has 2 heterocycles. The van der Waals surface area contributed by atoms with Gasteiger partial charge in [0.05, 0.1) is 40.5 Å². The molecule has 0 spiro atoms. The average molecular weight is 504 g/mol. The van der Waals surface area contributed by atoms with Crippen LogP contribution in [0.2, 0.25) is 5.02 Å². The van der Waals surface area contributed by atoms with Crippen molar-refractivity contribution < 1.29 is 4.74 Å². The van der Waals surface area contributed by atoms with Gasteiger partial charge >= 0.3 is 0 Å². The Bertz CT molecular complexity index is 1330. The number of methoxy groups -OCH3 is 1. The van der Waals surface area contributed by atoms with Gasteiger partial charge in [0.25, 0.3) is 0 Å². The lowest BCUT2D eigenvalue weighted by molar-refractivity contribution is 0.415. The first-order valence-corrected chi connectivity index (χ1v) is 9.88. The molecule has 0 atom stereocenters. The Kier molecular flexibility index (Phi) is 8.66. The zero-order valence-corrected chi connectivity index (χ0v) is 20.0. The van der Waals surface area contributed by atoms with Crippen molar-refractivity contribution in [1.29, 1.82) is 5.26 Å². The lowest BCUT2D eigenvalue weighted by Crippen LogP contribution is -2.07. The fourth-order valence-electron chi connectivity index (χ4n) is 3.56. The normalized spacial score (nSPS) is 10.1. The molecule has 7 nitrogen and oxygen atoms in total. The first-order chi connectivity index (χ1) is 15.0. The summed E-state index contributed by atoms with van der Waals surface area (Å²) in [7, 11) is 1.56. The van der Waals surface area contributed by atoms with E-state index in [9.17, 15) is 5.26 Å². The van der Waals surface area contributed by atoms with Crippen LogP contribution >= 0.6 is 36.4 Å². The number of hydrogen-bond donors (Lipinski definition) is 2. The van der Waals surface area contributed by atoms with Crippen molar-refractivity contribution in [2.24, 2.45) is 0 Å². The Morgan fingerprint density at radius 3 is 2.42 bits per heavy atom. The van der Waals surface area contributed by atoms with E-state index in [1.165, 1.54) is 0 Å². The Labute approximate surface area is 208 Å². The molecule has 0 saturated carbocycles. The lowest BCUT2D eigenvalue weighted by Gasteiger charge is -2.14. The van der Waals surface area contributed by atoms with Crippen molar-refractivity contribution in [2.75, 3.05) is 18.6 Å². The highest BCUT2D eigenvalue weighted by molar-refractivity contribution is 6.32. The van der Waals surface area contributed by atoms with Crippen molar-refractivity contribution in [2.45, 2.75) is 12.8 Å². The predicted molar refractivity (Wildman–Crippen MR) is 135 cm³/mol. The molecule has 2 aromatic carbocycles. The zero-order valence-electron chi connectivity index (χ0n) is 17.6. The van der Waals surface area contributed by atoms with E-state index in [2.05, 4.69) is 21.3 Å². The minimum absolute atomic E-state index is 0. The third-order valence-electron chi connectivity index (χ3n) is 5.06. The van der Waals surface area contributed by atoms with E-state index in [0.29, 0.717) is 51.8 Å². The highest BCUT2D eigenvalue weighted by Crippen LogP contribution is 2.34. The monoisotopic (exact) mass is 502 g/mol. The van der Waals surface area contributed by atoms with Crippen molar-refractivity contribution in [3.8, 4) is 11.8 Å². The van der Waals surface area contributed by atoms with Crippen LogP contribution in [0.1, 0.15) is 28.2 Å². The van der Waals surface area contributed by atoms with Crippen molar-refractivity contribution in [3.05, 3.63) is 81.9 Å². The van der Waals surface area contributed by atoms with Gasteiger partial charge in [-0.3, -0.25) is 4.98 Å². The Morgan fingerprint density at radius 2 is 1.79 bits per heavy atom. The second kappa shape index (κ2) is 11.0. The summed E-state index contributed by atoms with van der Waals surface area (Å²) in [4.78, 5) is 4.37. The molecule has 4 rings (SSSR count). The summed E-state index contributed by atoms with van der Waals surface area (Å²) in [6.45, 7) is 0. The Balaban J connectivity index is 0.00000193. The van der Waals surface area contributed by atoms with Gasteiger partial charge in [-0.05, 0) is 35.9 Å². The van der Waals surface area contributed by atoms with Crippen LogP contribution in [0.3, 0.4) is 0 Å².